The van der Waals surface area contributed by atoms with E-state index in [-0.39, 0.29) is 18.1 Å². The highest BCUT2D eigenvalue weighted by molar-refractivity contribution is 5.81. The van der Waals surface area contributed by atoms with Crippen molar-refractivity contribution in [2.45, 2.75) is 77.5 Å². The molecule has 0 radical (unpaired) electrons. The summed E-state index contributed by atoms with van der Waals surface area (Å²) in [6, 6.07) is 0.311. The minimum atomic E-state index is -0.171. The highest BCUT2D eigenvalue weighted by atomic mass is 16.3. The number of nitrogens with one attached hydrogen (secondary N) is 1. The molecule has 1 aliphatic carbocycles. The van der Waals surface area contributed by atoms with Gasteiger partial charge in [-0.2, -0.15) is 0 Å². The molecular weight excluding hydrogens is 264 g/mol. The molecule has 4 heteroatoms. The van der Waals surface area contributed by atoms with Crippen LogP contribution >= 0.6 is 0 Å². The summed E-state index contributed by atoms with van der Waals surface area (Å²) >= 11 is 0. The summed E-state index contributed by atoms with van der Waals surface area (Å²) in [5.41, 5.74) is 0. The van der Waals surface area contributed by atoms with Crippen molar-refractivity contribution in [3.05, 3.63) is 0 Å². The molecule has 0 aromatic heterocycles. The third-order valence-electron chi connectivity index (χ3n) is 5.18. The summed E-state index contributed by atoms with van der Waals surface area (Å²) in [7, 11) is 0. The summed E-state index contributed by atoms with van der Waals surface area (Å²) in [6.45, 7) is 7.98. The van der Waals surface area contributed by atoms with Gasteiger partial charge < -0.3 is 10.4 Å². The number of hydrogen-bond donors (Lipinski definition) is 2. The lowest BCUT2D eigenvalue weighted by atomic mass is 9.80. The van der Waals surface area contributed by atoms with Gasteiger partial charge in [-0.05, 0) is 45.1 Å². The summed E-state index contributed by atoms with van der Waals surface area (Å²) in [5.74, 6) is 0.984. The van der Waals surface area contributed by atoms with Gasteiger partial charge in [0.1, 0.15) is 0 Å². The lowest BCUT2D eigenvalue weighted by molar-refractivity contribution is -0.127. The van der Waals surface area contributed by atoms with Crippen LogP contribution in [0, 0.1) is 11.8 Å². The first-order valence-electron chi connectivity index (χ1n) is 8.72. The van der Waals surface area contributed by atoms with E-state index < -0.39 is 0 Å². The highest BCUT2D eigenvalue weighted by Crippen LogP contribution is 2.35. The van der Waals surface area contributed by atoms with Crippen LogP contribution in [0.3, 0.4) is 0 Å². The number of hydrogen-bond acceptors (Lipinski definition) is 3. The van der Waals surface area contributed by atoms with Crippen LogP contribution < -0.4 is 5.32 Å². The zero-order chi connectivity index (χ0) is 15.4. The fourth-order valence-corrected chi connectivity index (χ4v) is 3.95. The van der Waals surface area contributed by atoms with E-state index in [0.29, 0.717) is 17.9 Å². The second-order valence-corrected chi connectivity index (χ2v) is 7.28. The van der Waals surface area contributed by atoms with Crippen molar-refractivity contribution < 1.29 is 9.90 Å². The molecular formula is C17H32N2O2. The van der Waals surface area contributed by atoms with Gasteiger partial charge in [0.2, 0.25) is 5.91 Å². The van der Waals surface area contributed by atoms with E-state index >= 15 is 0 Å². The maximum Gasteiger partial charge on any atom is 0.237 e. The van der Waals surface area contributed by atoms with Crippen LogP contribution in [0.2, 0.25) is 0 Å². The van der Waals surface area contributed by atoms with Gasteiger partial charge >= 0.3 is 0 Å². The molecule has 2 rings (SSSR count). The number of likely N-dealkylation sites (tertiary alicyclic amines) is 1. The van der Waals surface area contributed by atoms with Crippen LogP contribution in [-0.4, -0.2) is 47.2 Å². The molecule has 0 aromatic carbocycles. The molecule has 122 valence electrons. The Kier molecular flexibility index (Phi) is 6.06. The molecule has 2 N–H and O–H groups in total. The van der Waals surface area contributed by atoms with Gasteiger partial charge in [0.15, 0.2) is 0 Å². The Labute approximate surface area is 129 Å². The second-order valence-electron chi connectivity index (χ2n) is 7.28. The predicted molar refractivity (Wildman–Crippen MR) is 85.0 cm³/mol. The Hall–Kier alpha value is -0.610. The molecule has 1 amide bonds. The molecule has 2 aliphatic rings. The van der Waals surface area contributed by atoms with Crippen LogP contribution in [0.15, 0.2) is 0 Å². The van der Waals surface area contributed by atoms with E-state index in [1.165, 1.54) is 6.42 Å². The summed E-state index contributed by atoms with van der Waals surface area (Å²) in [6.07, 6.45) is 6.52. The lowest BCUT2D eigenvalue weighted by Gasteiger charge is -2.39. The average Bonchev–Trinajstić information content (AvgIpc) is 2.93. The van der Waals surface area contributed by atoms with Gasteiger partial charge in [-0.15, -0.1) is 0 Å². The largest absolute Gasteiger partial charge is 0.393 e. The van der Waals surface area contributed by atoms with Crippen molar-refractivity contribution in [2.75, 3.05) is 13.1 Å². The standard InChI is InChI=1S/C17H32N2O2/c1-12(2)11-18-17(21)13(3)19-10-6-8-15(19)14-7-4-5-9-16(14)20/h12-16,20H,4-11H2,1-3H3,(H,18,21). The number of nitrogens with zero attached hydrogens (tertiary/aromatic N) is 1. The van der Waals surface area contributed by atoms with Crippen molar-refractivity contribution in [1.82, 2.24) is 10.2 Å². The summed E-state index contributed by atoms with van der Waals surface area (Å²) in [4.78, 5) is 14.7. The Balaban J connectivity index is 1.95. The normalized spacial score (nSPS) is 32.3. The van der Waals surface area contributed by atoms with Crippen molar-refractivity contribution in [3.63, 3.8) is 0 Å². The third kappa shape index (κ3) is 4.19. The van der Waals surface area contributed by atoms with Gasteiger partial charge in [-0.3, -0.25) is 9.69 Å². The van der Waals surface area contributed by atoms with E-state index in [9.17, 15) is 9.90 Å². The quantitative estimate of drug-likeness (QED) is 0.817. The third-order valence-corrected chi connectivity index (χ3v) is 5.18. The van der Waals surface area contributed by atoms with Crippen molar-refractivity contribution in [1.29, 1.82) is 0 Å². The van der Waals surface area contributed by atoms with E-state index in [0.717, 1.165) is 45.2 Å². The Morgan fingerprint density at radius 3 is 2.57 bits per heavy atom. The van der Waals surface area contributed by atoms with Crippen molar-refractivity contribution in [2.24, 2.45) is 11.8 Å². The molecule has 0 bridgehead atoms. The first-order valence-corrected chi connectivity index (χ1v) is 8.72. The Bertz CT molecular complexity index is 346. The van der Waals surface area contributed by atoms with E-state index in [2.05, 4.69) is 24.1 Å². The zero-order valence-electron chi connectivity index (χ0n) is 13.8. The maximum absolute atomic E-state index is 12.3. The van der Waals surface area contributed by atoms with Gasteiger partial charge in [0.25, 0.3) is 0 Å². The average molecular weight is 296 g/mol. The number of aliphatic hydroxyl groups is 1. The first kappa shape index (κ1) is 16.8. The smallest absolute Gasteiger partial charge is 0.237 e. The minimum absolute atomic E-state index is 0.0784. The lowest BCUT2D eigenvalue weighted by Crippen LogP contribution is -2.51. The maximum atomic E-state index is 12.3. The number of aliphatic hydroxyl groups excluding tert-OH is 1. The van der Waals surface area contributed by atoms with E-state index in [1.807, 2.05) is 6.92 Å². The number of amides is 1. The molecule has 4 nitrogen and oxygen atoms in total. The minimum Gasteiger partial charge on any atom is -0.393 e. The van der Waals surface area contributed by atoms with Crippen molar-refractivity contribution >= 4 is 5.91 Å². The second kappa shape index (κ2) is 7.59. The molecule has 2 fully saturated rings. The molecule has 0 spiro atoms. The molecule has 0 aromatic rings. The molecule has 4 unspecified atom stereocenters. The number of carbonyl (C=O) groups is 1. The monoisotopic (exact) mass is 296 g/mol. The SMILES string of the molecule is CC(C)CNC(=O)C(C)N1CCCC1C1CCCCC1O. The van der Waals surface area contributed by atoms with Gasteiger partial charge in [-0.1, -0.05) is 26.7 Å². The predicted octanol–water partition coefficient (Wildman–Crippen LogP) is 2.16. The van der Waals surface area contributed by atoms with Crippen LogP contribution in [0.4, 0.5) is 0 Å². The highest BCUT2D eigenvalue weighted by Gasteiger charge is 2.40. The van der Waals surface area contributed by atoms with Crippen LogP contribution in [-0.2, 0) is 4.79 Å². The molecule has 1 saturated carbocycles. The molecule has 1 heterocycles. The van der Waals surface area contributed by atoms with Gasteiger partial charge in [0, 0.05) is 18.5 Å². The number of rotatable bonds is 5. The number of carbonyl (C=O) groups excluding carboxylic acids is 1. The van der Waals surface area contributed by atoms with Gasteiger partial charge in [0.05, 0.1) is 12.1 Å². The molecule has 1 aliphatic heterocycles. The topological polar surface area (TPSA) is 52.6 Å². The molecule has 4 atom stereocenters. The zero-order valence-corrected chi connectivity index (χ0v) is 13.8. The van der Waals surface area contributed by atoms with Crippen LogP contribution in [0.25, 0.3) is 0 Å². The summed E-state index contributed by atoms with van der Waals surface area (Å²) in [5, 5.41) is 13.4. The fraction of sp³-hybridized carbons (Fsp3) is 0.941. The fourth-order valence-electron chi connectivity index (χ4n) is 3.95. The first-order chi connectivity index (χ1) is 10.0. The molecule has 1 saturated heterocycles. The van der Waals surface area contributed by atoms with E-state index in [4.69, 9.17) is 0 Å². The summed E-state index contributed by atoms with van der Waals surface area (Å²) < 4.78 is 0. The van der Waals surface area contributed by atoms with Gasteiger partial charge in [-0.25, -0.2) is 0 Å². The van der Waals surface area contributed by atoms with Crippen LogP contribution in [0.1, 0.15) is 59.3 Å². The Morgan fingerprint density at radius 1 is 1.19 bits per heavy atom. The van der Waals surface area contributed by atoms with Crippen LogP contribution in [0.5, 0.6) is 0 Å². The van der Waals surface area contributed by atoms with E-state index in [1.54, 1.807) is 0 Å². The Morgan fingerprint density at radius 2 is 1.90 bits per heavy atom. The molecule has 21 heavy (non-hydrogen) atoms. The van der Waals surface area contributed by atoms with Crippen molar-refractivity contribution in [3.8, 4) is 0 Å².